The molecule has 1 fully saturated rings. The van der Waals surface area contributed by atoms with Gasteiger partial charge in [-0.05, 0) is 23.8 Å². The maximum atomic E-state index is 12.9. The van der Waals surface area contributed by atoms with Crippen molar-refractivity contribution in [3.8, 4) is 0 Å². The molecule has 0 spiro atoms. The number of carbonyl (C=O) groups is 1. The smallest absolute Gasteiger partial charge is 0.254 e. The SMILES string of the molecule is O=C(NCc1ccccc1)c1cnc2ccc(S(=O)(=O)N3CCOCC3)cc2c1Cl. The monoisotopic (exact) mass is 445 g/mol. The largest absolute Gasteiger partial charge is 0.379 e. The van der Waals surface area contributed by atoms with Crippen molar-refractivity contribution in [3.63, 3.8) is 0 Å². The Kier molecular flexibility index (Phi) is 6.01. The van der Waals surface area contributed by atoms with Crippen molar-refractivity contribution in [2.24, 2.45) is 0 Å². The van der Waals surface area contributed by atoms with E-state index in [0.717, 1.165) is 5.56 Å². The molecule has 0 unspecified atom stereocenters. The van der Waals surface area contributed by atoms with Gasteiger partial charge in [-0.2, -0.15) is 4.31 Å². The molecule has 1 amide bonds. The Morgan fingerprint density at radius 1 is 1.13 bits per heavy atom. The summed E-state index contributed by atoms with van der Waals surface area (Å²) in [6.45, 7) is 1.67. The highest BCUT2D eigenvalue weighted by Crippen LogP contribution is 2.29. The van der Waals surface area contributed by atoms with Gasteiger partial charge in [-0.25, -0.2) is 8.42 Å². The van der Waals surface area contributed by atoms with Gasteiger partial charge in [-0.15, -0.1) is 0 Å². The third kappa shape index (κ3) is 4.17. The number of benzene rings is 2. The molecule has 1 aromatic heterocycles. The van der Waals surface area contributed by atoms with Crippen LogP contribution in [0.25, 0.3) is 10.9 Å². The standard InChI is InChI=1S/C21H20ClN3O4S/c22-20-17-12-16(30(27,28)25-8-10-29-11-9-25)6-7-19(17)23-14-18(20)21(26)24-13-15-4-2-1-3-5-15/h1-7,12,14H,8-11,13H2,(H,24,26). The molecular weight excluding hydrogens is 426 g/mol. The van der Waals surface area contributed by atoms with E-state index in [0.29, 0.717) is 43.8 Å². The molecule has 2 heterocycles. The Morgan fingerprint density at radius 2 is 1.87 bits per heavy atom. The number of carbonyl (C=O) groups excluding carboxylic acids is 1. The number of fused-ring (bicyclic) bond motifs is 1. The summed E-state index contributed by atoms with van der Waals surface area (Å²) in [5.41, 5.74) is 1.66. The van der Waals surface area contributed by atoms with Crippen molar-refractivity contribution in [3.05, 3.63) is 70.9 Å². The van der Waals surface area contributed by atoms with Gasteiger partial charge >= 0.3 is 0 Å². The number of amides is 1. The van der Waals surface area contributed by atoms with Crippen LogP contribution in [0.5, 0.6) is 0 Å². The predicted molar refractivity (Wildman–Crippen MR) is 114 cm³/mol. The molecule has 0 atom stereocenters. The molecule has 30 heavy (non-hydrogen) atoms. The van der Waals surface area contributed by atoms with Crippen LogP contribution in [0.1, 0.15) is 15.9 Å². The van der Waals surface area contributed by atoms with Crippen LogP contribution >= 0.6 is 11.6 Å². The zero-order valence-corrected chi connectivity index (χ0v) is 17.6. The number of nitrogens with one attached hydrogen (secondary N) is 1. The topological polar surface area (TPSA) is 88.6 Å². The first kappa shape index (κ1) is 20.7. The first-order chi connectivity index (χ1) is 14.5. The van der Waals surface area contributed by atoms with Gasteiger partial charge in [-0.3, -0.25) is 9.78 Å². The number of nitrogens with zero attached hydrogens (tertiary/aromatic N) is 2. The minimum atomic E-state index is -3.68. The number of hydrogen-bond donors (Lipinski definition) is 1. The fourth-order valence-corrected chi connectivity index (χ4v) is 4.99. The summed E-state index contributed by atoms with van der Waals surface area (Å²) in [5.74, 6) is -0.375. The van der Waals surface area contributed by atoms with Crippen LogP contribution < -0.4 is 5.32 Å². The summed E-state index contributed by atoms with van der Waals surface area (Å²) < 4.78 is 32.5. The normalized spacial score (nSPS) is 15.2. The maximum Gasteiger partial charge on any atom is 0.254 e. The van der Waals surface area contributed by atoms with E-state index >= 15 is 0 Å². The number of pyridine rings is 1. The lowest BCUT2D eigenvalue weighted by Gasteiger charge is -2.26. The van der Waals surface area contributed by atoms with E-state index in [1.165, 1.54) is 22.6 Å². The number of rotatable bonds is 5. The van der Waals surface area contributed by atoms with E-state index in [9.17, 15) is 13.2 Å². The average Bonchev–Trinajstić information content (AvgIpc) is 2.79. The van der Waals surface area contributed by atoms with Crippen LogP contribution in [-0.2, 0) is 21.3 Å². The van der Waals surface area contributed by atoms with Crippen molar-refractivity contribution in [2.75, 3.05) is 26.3 Å². The molecule has 0 aliphatic carbocycles. The molecule has 3 aromatic rings. The zero-order valence-electron chi connectivity index (χ0n) is 16.0. The van der Waals surface area contributed by atoms with Crippen LogP contribution in [0.3, 0.4) is 0 Å². The van der Waals surface area contributed by atoms with Crippen LogP contribution in [0, 0.1) is 0 Å². The Labute approximate surface area is 179 Å². The number of halogens is 1. The van der Waals surface area contributed by atoms with Gasteiger partial charge in [0.2, 0.25) is 10.0 Å². The zero-order chi connectivity index (χ0) is 21.1. The van der Waals surface area contributed by atoms with Gasteiger partial charge in [0.25, 0.3) is 5.91 Å². The van der Waals surface area contributed by atoms with E-state index in [-0.39, 0.29) is 21.4 Å². The second kappa shape index (κ2) is 8.69. The molecule has 1 N–H and O–H groups in total. The van der Waals surface area contributed by atoms with Crippen molar-refractivity contribution in [1.82, 2.24) is 14.6 Å². The Balaban J connectivity index is 1.63. The number of morpholine rings is 1. The molecule has 2 aromatic carbocycles. The quantitative estimate of drug-likeness (QED) is 0.652. The lowest BCUT2D eigenvalue weighted by atomic mass is 10.1. The highest BCUT2D eigenvalue weighted by atomic mass is 35.5. The van der Waals surface area contributed by atoms with Crippen LogP contribution in [0.2, 0.25) is 5.02 Å². The second-order valence-corrected chi connectivity index (χ2v) is 9.17. The summed E-state index contributed by atoms with van der Waals surface area (Å²) >= 11 is 6.50. The fraction of sp³-hybridized carbons (Fsp3) is 0.238. The molecule has 156 valence electrons. The second-order valence-electron chi connectivity index (χ2n) is 6.85. The molecule has 0 saturated carbocycles. The summed E-state index contributed by atoms with van der Waals surface area (Å²) in [5, 5.41) is 3.40. The Morgan fingerprint density at radius 3 is 2.60 bits per heavy atom. The number of hydrogen-bond acceptors (Lipinski definition) is 5. The Hall–Kier alpha value is -2.52. The summed E-state index contributed by atoms with van der Waals surface area (Å²) in [6, 6.07) is 14.1. The van der Waals surface area contributed by atoms with E-state index in [1.54, 1.807) is 6.07 Å². The molecule has 9 heteroatoms. The summed E-state index contributed by atoms with van der Waals surface area (Å²) in [4.78, 5) is 17.0. The van der Waals surface area contributed by atoms with E-state index in [4.69, 9.17) is 16.3 Å². The minimum absolute atomic E-state index is 0.113. The van der Waals surface area contributed by atoms with E-state index in [2.05, 4.69) is 10.3 Å². The van der Waals surface area contributed by atoms with Gasteiger partial charge in [0.1, 0.15) is 0 Å². The van der Waals surface area contributed by atoms with Crippen LogP contribution in [0.15, 0.2) is 59.6 Å². The highest BCUT2D eigenvalue weighted by Gasteiger charge is 2.27. The van der Waals surface area contributed by atoms with Gasteiger partial charge in [-0.1, -0.05) is 41.9 Å². The molecule has 1 aliphatic rings. The average molecular weight is 446 g/mol. The van der Waals surface area contributed by atoms with E-state index in [1.807, 2.05) is 30.3 Å². The van der Waals surface area contributed by atoms with E-state index < -0.39 is 10.0 Å². The van der Waals surface area contributed by atoms with Gasteiger partial charge < -0.3 is 10.1 Å². The van der Waals surface area contributed by atoms with Crippen molar-refractivity contribution in [2.45, 2.75) is 11.4 Å². The number of sulfonamides is 1. The fourth-order valence-electron chi connectivity index (χ4n) is 3.27. The third-order valence-corrected chi connectivity index (χ3v) is 7.22. The van der Waals surface area contributed by atoms with Crippen LogP contribution in [-0.4, -0.2) is 49.9 Å². The number of ether oxygens (including phenoxy) is 1. The molecule has 1 aliphatic heterocycles. The highest BCUT2D eigenvalue weighted by molar-refractivity contribution is 7.89. The molecule has 7 nitrogen and oxygen atoms in total. The van der Waals surface area contributed by atoms with Crippen molar-refractivity contribution < 1.29 is 17.9 Å². The lowest BCUT2D eigenvalue weighted by Crippen LogP contribution is -2.40. The molecular formula is C21H20ClN3O4S. The maximum absolute atomic E-state index is 12.9. The first-order valence-corrected chi connectivity index (χ1v) is 11.3. The van der Waals surface area contributed by atoms with Gasteiger partial charge in [0, 0.05) is 31.2 Å². The Bertz CT molecular complexity index is 1180. The van der Waals surface area contributed by atoms with Gasteiger partial charge in [0.05, 0.1) is 34.2 Å². The molecule has 0 radical (unpaired) electrons. The van der Waals surface area contributed by atoms with Crippen molar-refractivity contribution in [1.29, 1.82) is 0 Å². The minimum Gasteiger partial charge on any atom is -0.379 e. The summed E-state index contributed by atoms with van der Waals surface area (Å²) in [7, 11) is -3.68. The van der Waals surface area contributed by atoms with Gasteiger partial charge in [0.15, 0.2) is 0 Å². The third-order valence-electron chi connectivity index (χ3n) is 4.92. The molecule has 0 bridgehead atoms. The van der Waals surface area contributed by atoms with Crippen molar-refractivity contribution >= 4 is 38.4 Å². The summed E-state index contributed by atoms with van der Waals surface area (Å²) in [6.07, 6.45) is 1.40. The number of aromatic nitrogens is 1. The molecule has 1 saturated heterocycles. The first-order valence-electron chi connectivity index (χ1n) is 9.45. The van der Waals surface area contributed by atoms with Crippen LogP contribution in [0.4, 0.5) is 0 Å². The predicted octanol–water partition coefficient (Wildman–Crippen LogP) is 2.84. The lowest BCUT2D eigenvalue weighted by molar-refractivity contribution is 0.0730. The molecule has 4 rings (SSSR count).